The van der Waals surface area contributed by atoms with Crippen molar-refractivity contribution in [1.82, 2.24) is 0 Å². The largest absolute Gasteiger partial charge is 0.506 e. The predicted molar refractivity (Wildman–Crippen MR) is 45.4 cm³/mol. The van der Waals surface area contributed by atoms with Gasteiger partial charge in [0.2, 0.25) is 0 Å². The molecular weight excluding hydrogens is 136 g/mol. The van der Waals surface area contributed by atoms with E-state index in [1.54, 1.807) is 13.0 Å². The van der Waals surface area contributed by atoms with Crippen LogP contribution in [-0.4, -0.2) is 5.11 Å². The second kappa shape index (κ2) is 3.12. The van der Waals surface area contributed by atoms with Gasteiger partial charge in [-0.25, -0.2) is 0 Å². The van der Waals surface area contributed by atoms with Crippen molar-refractivity contribution < 1.29 is 5.11 Å². The van der Waals surface area contributed by atoms with E-state index in [1.165, 1.54) is 0 Å². The first-order valence-corrected chi connectivity index (χ1v) is 3.47. The number of phenolic OH excluding ortho intramolecular Hbond substituents is 1. The first-order valence-electron chi connectivity index (χ1n) is 3.47. The van der Waals surface area contributed by atoms with Gasteiger partial charge in [0, 0.05) is 0 Å². The van der Waals surface area contributed by atoms with Crippen LogP contribution in [0.1, 0.15) is 18.1 Å². The summed E-state index contributed by atoms with van der Waals surface area (Å²) in [5.41, 5.74) is 1.57. The average Bonchev–Trinajstić information content (AvgIpc) is 1.99. The summed E-state index contributed by atoms with van der Waals surface area (Å²) in [7, 11) is 0. The van der Waals surface area contributed by atoms with Gasteiger partial charge in [-0.1, -0.05) is 18.1 Å². The number of aryl methyl sites for hydroxylation is 1. The molecule has 1 nitrogen and oxygen atoms in total. The van der Waals surface area contributed by atoms with Crippen molar-refractivity contribution in [2.24, 2.45) is 0 Å². The highest BCUT2D eigenvalue weighted by atomic mass is 16.3. The number of hydrogen-bond acceptors (Lipinski definition) is 1. The fourth-order valence-electron chi connectivity index (χ4n) is 0.895. The van der Waals surface area contributed by atoms with Crippen molar-refractivity contribution in [3.8, 4) is 17.6 Å². The summed E-state index contributed by atoms with van der Waals surface area (Å²) in [5.74, 6) is 5.85. The molecule has 0 heterocycles. The summed E-state index contributed by atoms with van der Waals surface area (Å²) in [6.45, 7) is 3.61. The van der Waals surface area contributed by atoms with Crippen molar-refractivity contribution >= 4 is 0 Å². The van der Waals surface area contributed by atoms with Gasteiger partial charge < -0.3 is 5.11 Å². The molecule has 0 amide bonds. The Balaban J connectivity index is 3.23. The zero-order chi connectivity index (χ0) is 8.27. The van der Waals surface area contributed by atoms with Gasteiger partial charge in [-0.05, 0) is 25.5 Å². The molecule has 0 aliphatic carbocycles. The zero-order valence-corrected chi connectivity index (χ0v) is 6.68. The summed E-state index contributed by atoms with van der Waals surface area (Å²) in [5, 5.41) is 9.43. The summed E-state index contributed by atoms with van der Waals surface area (Å²) in [6.07, 6.45) is 0. The number of hydrogen-bond donors (Lipinski definition) is 1. The topological polar surface area (TPSA) is 20.2 Å². The van der Waals surface area contributed by atoms with Crippen LogP contribution in [-0.2, 0) is 0 Å². The minimum absolute atomic E-state index is 0.293. The van der Waals surface area contributed by atoms with Crippen molar-refractivity contribution in [3.05, 3.63) is 29.3 Å². The normalized spacial score (nSPS) is 8.55. The number of aromatic hydroxyl groups is 1. The molecule has 0 aromatic heterocycles. The van der Waals surface area contributed by atoms with E-state index >= 15 is 0 Å². The predicted octanol–water partition coefficient (Wildman–Crippen LogP) is 2.07. The van der Waals surface area contributed by atoms with E-state index in [0.717, 1.165) is 5.56 Å². The molecule has 1 aromatic rings. The fourth-order valence-corrected chi connectivity index (χ4v) is 0.895. The number of phenols is 1. The first kappa shape index (κ1) is 7.68. The highest BCUT2D eigenvalue weighted by molar-refractivity contribution is 5.48. The van der Waals surface area contributed by atoms with E-state index < -0.39 is 0 Å². The van der Waals surface area contributed by atoms with Crippen LogP contribution in [0.25, 0.3) is 0 Å². The molecule has 0 spiro atoms. The molecule has 1 rings (SSSR count). The van der Waals surface area contributed by atoms with Gasteiger partial charge in [-0.15, -0.1) is 5.92 Å². The molecule has 1 heteroatoms. The van der Waals surface area contributed by atoms with Crippen molar-refractivity contribution in [3.63, 3.8) is 0 Å². The van der Waals surface area contributed by atoms with Crippen LogP contribution in [0.5, 0.6) is 5.75 Å². The van der Waals surface area contributed by atoms with Crippen LogP contribution in [0.15, 0.2) is 18.2 Å². The summed E-state index contributed by atoms with van der Waals surface area (Å²) >= 11 is 0. The summed E-state index contributed by atoms with van der Waals surface area (Å²) in [4.78, 5) is 0. The highest BCUT2D eigenvalue weighted by Gasteiger charge is 1.98. The lowest BCUT2D eigenvalue weighted by atomic mass is 10.1. The van der Waals surface area contributed by atoms with Gasteiger partial charge in [0.15, 0.2) is 0 Å². The standard InChI is InChI=1S/C10H10O/c1-3-5-9-7-4-6-8(2)10(9)11/h4,6-7,11H,1-2H3. The zero-order valence-electron chi connectivity index (χ0n) is 6.68. The molecule has 0 atom stereocenters. The van der Waals surface area contributed by atoms with Gasteiger partial charge in [-0.3, -0.25) is 0 Å². The number of benzene rings is 1. The van der Waals surface area contributed by atoms with Gasteiger partial charge >= 0.3 is 0 Å². The second-order valence-electron chi connectivity index (χ2n) is 2.35. The molecule has 0 saturated heterocycles. The van der Waals surface area contributed by atoms with Crippen LogP contribution in [0, 0.1) is 18.8 Å². The minimum Gasteiger partial charge on any atom is -0.506 e. The summed E-state index contributed by atoms with van der Waals surface area (Å²) < 4.78 is 0. The maximum absolute atomic E-state index is 9.43. The maximum Gasteiger partial charge on any atom is 0.134 e. The molecule has 0 fully saturated rings. The summed E-state index contributed by atoms with van der Waals surface area (Å²) in [6, 6.07) is 5.55. The second-order valence-corrected chi connectivity index (χ2v) is 2.35. The van der Waals surface area contributed by atoms with E-state index in [9.17, 15) is 5.11 Å². The Hall–Kier alpha value is -1.42. The highest BCUT2D eigenvalue weighted by Crippen LogP contribution is 2.19. The molecule has 0 aliphatic rings. The smallest absolute Gasteiger partial charge is 0.134 e. The van der Waals surface area contributed by atoms with E-state index in [1.807, 2.05) is 19.1 Å². The fraction of sp³-hybridized carbons (Fsp3) is 0.200. The van der Waals surface area contributed by atoms with Gasteiger partial charge in [0.1, 0.15) is 5.75 Å². The Kier molecular flexibility index (Phi) is 2.18. The Bertz CT molecular complexity index is 315. The van der Waals surface area contributed by atoms with Gasteiger partial charge in [0.05, 0.1) is 5.56 Å². The third-order valence-corrected chi connectivity index (χ3v) is 1.50. The van der Waals surface area contributed by atoms with E-state index in [2.05, 4.69) is 11.8 Å². The SMILES string of the molecule is CC#Cc1cccc(C)c1O. The molecule has 11 heavy (non-hydrogen) atoms. The molecule has 0 aliphatic heterocycles. The Labute approximate surface area is 66.7 Å². The van der Waals surface area contributed by atoms with Gasteiger partial charge in [0.25, 0.3) is 0 Å². The third-order valence-electron chi connectivity index (χ3n) is 1.50. The molecule has 0 saturated carbocycles. The average molecular weight is 146 g/mol. The lowest BCUT2D eigenvalue weighted by Gasteiger charge is -1.98. The van der Waals surface area contributed by atoms with Crippen LogP contribution in [0.2, 0.25) is 0 Å². The molecule has 1 N–H and O–H groups in total. The van der Waals surface area contributed by atoms with Crippen LogP contribution in [0.4, 0.5) is 0 Å². The van der Waals surface area contributed by atoms with E-state index in [0.29, 0.717) is 11.3 Å². The lowest BCUT2D eigenvalue weighted by molar-refractivity contribution is 0.469. The van der Waals surface area contributed by atoms with E-state index in [-0.39, 0.29) is 0 Å². The monoisotopic (exact) mass is 146 g/mol. The van der Waals surface area contributed by atoms with Gasteiger partial charge in [-0.2, -0.15) is 0 Å². The van der Waals surface area contributed by atoms with Crippen LogP contribution in [0.3, 0.4) is 0 Å². The van der Waals surface area contributed by atoms with Crippen molar-refractivity contribution in [1.29, 1.82) is 0 Å². The number of rotatable bonds is 0. The molecular formula is C10H10O. The molecule has 0 unspecified atom stereocenters. The molecule has 0 bridgehead atoms. The van der Waals surface area contributed by atoms with Crippen molar-refractivity contribution in [2.75, 3.05) is 0 Å². The number of para-hydroxylation sites is 1. The Morgan fingerprint density at radius 1 is 1.36 bits per heavy atom. The van der Waals surface area contributed by atoms with E-state index in [4.69, 9.17) is 0 Å². The lowest BCUT2D eigenvalue weighted by Crippen LogP contribution is -1.79. The minimum atomic E-state index is 0.293. The van der Waals surface area contributed by atoms with Crippen LogP contribution >= 0.6 is 0 Å². The first-order chi connectivity index (χ1) is 5.25. The third kappa shape index (κ3) is 1.53. The van der Waals surface area contributed by atoms with Crippen molar-refractivity contribution in [2.45, 2.75) is 13.8 Å². The van der Waals surface area contributed by atoms with Crippen LogP contribution < -0.4 is 0 Å². The maximum atomic E-state index is 9.43. The quantitative estimate of drug-likeness (QED) is 0.555. The molecule has 1 aromatic carbocycles. The molecule has 56 valence electrons. The Morgan fingerprint density at radius 3 is 2.73 bits per heavy atom. The Morgan fingerprint density at radius 2 is 2.09 bits per heavy atom. The molecule has 0 radical (unpaired) electrons.